The van der Waals surface area contributed by atoms with Crippen LogP contribution < -0.4 is 0 Å². The summed E-state index contributed by atoms with van der Waals surface area (Å²) in [4.78, 5) is 65.1. The Labute approximate surface area is 326 Å². The van der Waals surface area contributed by atoms with Crippen LogP contribution in [-0.2, 0) is 43.0 Å². The highest BCUT2D eigenvalue weighted by Gasteiger charge is 2.26. The molecule has 0 aliphatic rings. The zero-order chi connectivity index (χ0) is 42.3. The number of esters is 3. The molecule has 0 aromatic carbocycles. The van der Waals surface area contributed by atoms with Crippen LogP contribution in [0.15, 0.2) is 0 Å². The fourth-order valence-corrected chi connectivity index (χ4v) is 5.09. The fourth-order valence-electron chi connectivity index (χ4n) is 5.09. The van der Waals surface area contributed by atoms with Gasteiger partial charge in [0.1, 0.15) is 11.2 Å². The van der Waals surface area contributed by atoms with Crippen molar-refractivity contribution in [2.45, 2.75) is 203 Å². The van der Waals surface area contributed by atoms with Crippen LogP contribution in [0, 0.1) is 23.7 Å². The Balaban J connectivity index is -0.000000722. The maximum atomic E-state index is 11.5. The lowest BCUT2D eigenvalue weighted by Gasteiger charge is -2.28. The zero-order valence-electron chi connectivity index (χ0n) is 35.8. The Morgan fingerprint density at radius 3 is 1.39 bits per heavy atom. The second-order valence-corrected chi connectivity index (χ2v) is 16.3. The first-order chi connectivity index (χ1) is 25.0. The fraction of sp³-hybridized carbons (Fsp3) is 0.857. The number of ether oxygens (including phenoxy) is 3. The smallest absolute Gasteiger partial charge is 0.306 e. The van der Waals surface area contributed by atoms with Crippen LogP contribution in [-0.4, -0.2) is 68.9 Å². The summed E-state index contributed by atoms with van der Waals surface area (Å²) in [5.41, 5.74) is -0.951. The van der Waals surface area contributed by atoms with Gasteiger partial charge in [-0.05, 0) is 83.0 Å². The first kappa shape index (κ1) is 55.2. The largest absolute Gasteiger partial charge is 0.481 e. The van der Waals surface area contributed by atoms with E-state index in [9.17, 15) is 28.8 Å². The monoisotopic (exact) mass is 775 g/mol. The van der Waals surface area contributed by atoms with Gasteiger partial charge in [-0.25, -0.2) is 0 Å². The van der Waals surface area contributed by atoms with E-state index < -0.39 is 47.0 Å². The Morgan fingerprint density at radius 1 is 0.519 bits per heavy atom. The molecule has 0 spiro atoms. The van der Waals surface area contributed by atoms with Gasteiger partial charge >= 0.3 is 35.8 Å². The number of aliphatic carboxylic acids is 3. The SMILES string of the molecule is CC(C)CCCC(C)CCOC(=O)CCC(=O)O.CCC(C)(CCCC(C)C)OC(=O)CCC(=O)O.CCC(C)CCCC(C)(C)OC(=O)CCC(=O)O. The van der Waals surface area contributed by atoms with E-state index >= 15 is 0 Å². The molecule has 0 aliphatic carbocycles. The molecule has 54 heavy (non-hydrogen) atoms. The molecule has 0 fully saturated rings. The molecule has 0 radical (unpaired) electrons. The first-order valence-electron chi connectivity index (χ1n) is 20.2. The number of carboxylic acid groups (broad SMARTS) is 3. The summed E-state index contributed by atoms with van der Waals surface area (Å²) < 4.78 is 15.7. The summed E-state index contributed by atoms with van der Waals surface area (Å²) in [7, 11) is 0. The highest BCUT2D eigenvalue weighted by molar-refractivity contribution is 5.77. The van der Waals surface area contributed by atoms with Gasteiger partial charge in [-0.2, -0.15) is 0 Å². The minimum Gasteiger partial charge on any atom is -0.481 e. The highest BCUT2D eigenvalue weighted by Crippen LogP contribution is 2.25. The van der Waals surface area contributed by atoms with Gasteiger partial charge in [-0.3, -0.25) is 28.8 Å². The molecule has 0 aromatic rings. The number of hydrogen-bond acceptors (Lipinski definition) is 9. The lowest BCUT2D eigenvalue weighted by Crippen LogP contribution is -2.31. The molecule has 12 nitrogen and oxygen atoms in total. The maximum Gasteiger partial charge on any atom is 0.306 e. The lowest BCUT2D eigenvalue weighted by atomic mass is 9.93. The van der Waals surface area contributed by atoms with Crippen LogP contribution in [0.5, 0.6) is 0 Å². The third-order valence-corrected chi connectivity index (χ3v) is 9.14. The summed E-state index contributed by atoms with van der Waals surface area (Å²) in [5, 5.41) is 25.4. The van der Waals surface area contributed by atoms with Crippen molar-refractivity contribution in [3.8, 4) is 0 Å². The molecule has 3 unspecified atom stereocenters. The Morgan fingerprint density at radius 2 is 0.944 bits per heavy atom. The molecule has 0 saturated heterocycles. The van der Waals surface area contributed by atoms with Crippen molar-refractivity contribution in [3.63, 3.8) is 0 Å². The topological polar surface area (TPSA) is 191 Å². The van der Waals surface area contributed by atoms with Crippen molar-refractivity contribution in [3.05, 3.63) is 0 Å². The first-order valence-corrected chi connectivity index (χ1v) is 20.2. The van der Waals surface area contributed by atoms with Crippen molar-refractivity contribution in [2.75, 3.05) is 6.61 Å². The molecule has 0 rings (SSSR count). The molecular weight excluding hydrogens is 696 g/mol. The van der Waals surface area contributed by atoms with Gasteiger partial charge in [0.05, 0.1) is 45.1 Å². The van der Waals surface area contributed by atoms with Crippen molar-refractivity contribution in [1.82, 2.24) is 0 Å². The number of carbonyl (C=O) groups is 6. The molecular formula is C42H78O12. The minimum atomic E-state index is -0.971. The molecule has 3 atom stereocenters. The van der Waals surface area contributed by atoms with Gasteiger partial charge in [0.2, 0.25) is 0 Å². The molecule has 0 saturated carbocycles. The van der Waals surface area contributed by atoms with Crippen molar-refractivity contribution in [2.24, 2.45) is 23.7 Å². The predicted octanol–water partition coefficient (Wildman–Crippen LogP) is 10.0. The Bertz CT molecular complexity index is 1050. The molecule has 3 N–H and O–H groups in total. The van der Waals surface area contributed by atoms with E-state index in [0.29, 0.717) is 24.4 Å². The van der Waals surface area contributed by atoms with Crippen LogP contribution in [0.3, 0.4) is 0 Å². The van der Waals surface area contributed by atoms with E-state index in [1.807, 2.05) is 27.7 Å². The second-order valence-electron chi connectivity index (χ2n) is 16.3. The van der Waals surface area contributed by atoms with Gasteiger partial charge in [0.25, 0.3) is 0 Å². The quantitative estimate of drug-likeness (QED) is 0.0504. The van der Waals surface area contributed by atoms with Crippen LogP contribution in [0.2, 0.25) is 0 Å². The highest BCUT2D eigenvalue weighted by atomic mass is 16.6. The van der Waals surface area contributed by atoms with Crippen LogP contribution >= 0.6 is 0 Å². The summed E-state index contributed by atoms with van der Waals surface area (Å²) in [6, 6.07) is 0. The van der Waals surface area contributed by atoms with Gasteiger partial charge in [-0.15, -0.1) is 0 Å². The van der Waals surface area contributed by atoms with Crippen LogP contribution in [0.4, 0.5) is 0 Å². The maximum absolute atomic E-state index is 11.5. The molecule has 0 aliphatic heterocycles. The van der Waals surface area contributed by atoms with Crippen LogP contribution in [0.25, 0.3) is 0 Å². The average molecular weight is 775 g/mol. The normalized spacial score (nSPS) is 13.3. The van der Waals surface area contributed by atoms with Crippen molar-refractivity contribution in [1.29, 1.82) is 0 Å². The average Bonchev–Trinajstić information content (AvgIpc) is 3.05. The van der Waals surface area contributed by atoms with Gasteiger partial charge in [0.15, 0.2) is 0 Å². The molecule has 0 heterocycles. The van der Waals surface area contributed by atoms with E-state index in [1.165, 1.54) is 19.3 Å². The summed E-state index contributed by atoms with van der Waals surface area (Å²) in [6.45, 7) is 23.4. The summed E-state index contributed by atoms with van der Waals surface area (Å²) >= 11 is 0. The van der Waals surface area contributed by atoms with Crippen molar-refractivity contribution < 1.29 is 58.3 Å². The second kappa shape index (κ2) is 32.1. The number of carboxylic acids is 3. The van der Waals surface area contributed by atoms with E-state index in [1.54, 1.807) is 0 Å². The van der Waals surface area contributed by atoms with Crippen molar-refractivity contribution >= 4 is 35.8 Å². The molecule has 0 aromatic heterocycles. The van der Waals surface area contributed by atoms with Gasteiger partial charge < -0.3 is 29.5 Å². The van der Waals surface area contributed by atoms with E-state index in [-0.39, 0.29) is 38.5 Å². The Kier molecular flexibility index (Phi) is 32.8. The van der Waals surface area contributed by atoms with E-state index in [4.69, 9.17) is 29.5 Å². The molecule has 12 heteroatoms. The number of rotatable bonds is 28. The molecule has 0 bridgehead atoms. The number of carbonyl (C=O) groups excluding carboxylic acids is 3. The zero-order valence-corrected chi connectivity index (χ0v) is 35.8. The molecule has 318 valence electrons. The van der Waals surface area contributed by atoms with Crippen LogP contribution in [0.1, 0.15) is 192 Å². The minimum absolute atomic E-state index is 0.0307. The third-order valence-electron chi connectivity index (χ3n) is 9.14. The Hall–Kier alpha value is -3.18. The van der Waals surface area contributed by atoms with E-state index in [0.717, 1.165) is 63.7 Å². The lowest BCUT2D eigenvalue weighted by molar-refractivity contribution is -0.161. The summed E-state index contributed by atoms with van der Waals surface area (Å²) in [6.07, 6.45) is 11.7. The van der Waals surface area contributed by atoms with Gasteiger partial charge in [0, 0.05) is 0 Å². The number of hydrogen-bond donors (Lipinski definition) is 3. The van der Waals surface area contributed by atoms with Gasteiger partial charge in [-0.1, -0.05) is 93.9 Å². The standard InChI is InChI=1S/3C14H26O4/c1-11(2)5-4-6-12(3)9-10-18-14(17)8-7-13(15)16;1-5-11(2)7-6-10-14(3,4)18-13(17)9-8-12(15)16;1-5-14(4,10-6-7-11(2)3)18-13(17)9-8-12(15)16/h11-12H,4-10H2,1-3H3,(H,15,16);2*11H,5-10H2,1-4H3,(H,15,16). The van der Waals surface area contributed by atoms with E-state index in [2.05, 4.69) is 48.5 Å². The molecule has 0 amide bonds. The summed E-state index contributed by atoms with van der Waals surface area (Å²) in [5.74, 6) is -1.51. The third kappa shape index (κ3) is 40.0. The predicted molar refractivity (Wildman–Crippen MR) is 211 cm³/mol.